The highest BCUT2D eigenvalue weighted by Gasteiger charge is 2.09. The first-order valence-electron chi connectivity index (χ1n) is 4.34. The van der Waals surface area contributed by atoms with Gasteiger partial charge < -0.3 is 10.0 Å². The van der Waals surface area contributed by atoms with Crippen LogP contribution in [-0.2, 0) is 4.79 Å². The van der Waals surface area contributed by atoms with Gasteiger partial charge in [0.1, 0.15) is 0 Å². The summed E-state index contributed by atoms with van der Waals surface area (Å²) in [5, 5.41) is 8.66. The molecule has 0 amide bonds. The van der Waals surface area contributed by atoms with Gasteiger partial charge in [-0.2, -0.15) is 0 Å². The molecule has 0 aromatic heterocycles. The number of carbonyl (C=O) groups is 1. The van der Waals surface area contributed by atoms with Crippen molar-refractivity contribution in [1.82, 2.24) is 9.80 Å². The minimum absolute atomic E-state index is 0.0540. The van der Waals surface area contributed by atoms with Gasteiger partial charge in [-0.3, -0.25) is 9.69 Å². The fourth-order valence-electron chi connectivity index (χ4n) is 0.989. The van der Waals surface area contributed by atoms with Crippen molar-refractivity contribution < 1.29 is 9.90 Å². The van der Waals surface area contributed by atoms with E-state index in [-0.39, 0.29) is 6.54 Å². The van der Waals surface area contributed by atoms with Crippen LogP contribution in [0.5, 0.6) is 0 Å². The Hall–Kier alpha value is -0.390. The highest BCUT2D eigenvalue weighted by atomic mass is 79.9. The molecule has 0 fully saturated rings. The molecule has 0 bridgehead atoms. The molecule has 0 saturated heterocycles. The Morgan fingerprint density at radius 1 is 1.36 bits per heavy atom. The molecule has 0 aromatic carbocycles. The summed E-state index contributed by atoms with van der Waals surface area (Å²) in [5.74, 6) is -0.808. The third kappa shape index (κ3) is 8.22. The van der Waals surface area contributed by atoms with Crippen LogP contribution >= 0.6 is 15.9 Å². The van der Waals surface area contributed by atoms with E-state index in [1.54, 1.807) is 0 Å². The van der Waals surface area contributed by atoms with Gasteiger partial charge in [0.05, 0.1) is 6.54 Å². The highest BCUT2D eigenvalue weighted by molar-refractivity contribution is 9.11. The lowest BCUT2D eigenvalue weighted by Crippen LogP contribution is -2.36. The molecule has 0 unspecified atom stereocenters. The van der Waals surface area contributed by atoms with E-state index in [9.17, 15) is 4.79 Å². The lowest BCUT2D eigenvalue weighted by Gasteiger charge is -2.21. The lowest BCUT2D eigenvalue weighted by atomic mass is 10.4. The zero-order valence-corrected chi connectivity index (χ0v) is 10.2. The Morgan fingerprint density at radius 2 is 1.93 bits per heavy atom. The number of halogens is 1. The molecule has 5 heteroatoms. The molecule has 0 aliphatic heterocycles. The monoisotopic (exact) mass is 264 g/mol. The van der Waals surface area contributed by atoms with Crippen molar-refractivity contribution in [3.8, 4) is 0 Å². The van der Waals surface area contributed by atoms with Crippen LogP contribution in [0.4, 0.5) is 0 Å². The molecule has 0 atom stereocenters. The molecule has 0 aliphatic rings. The number of likely N-dealkylation sites (N-methyl/N-ethyl adjacent to an activating group) is 1. The maximum atomic E-state index is 10.5. The molecule has 0 aliphatic carbocycles. The van der Waals surface area contributed by atoms with E-state index >= 15 is 0 Å². The molecule has 0 saturated carbocycles. The van der Waals surface area contributed by atoms with Gasteiger partial charge in [0.25, 0.3) is 0 Å². The van der Waals surface area contributed by atoms with Crippen LogP contribution in [0.3, 0.4) is 0 Å². The second-order valence-electron chi connectivity index (χ2n) is 3.42. The van der Waals surface area contributed by atoms with Crippen molar-refractivity contribution in [1.29, 1.82) is 0 Å². The quantitative estimate of drug-likeness (QED) is 0.741. The summed E-state index contributed by atoms with van der Waals surface area (Å²) in [6.07, 6.45) is 0. The predicted molar refractivity (Wildman–Crippen MR) is 60.7 cm³/mol. The zero-order valence-electron chi connectivity index (χ0n) is 8.66. The maximum Gasteiger partial charge on any atom is 0.317 e. The second kappa shape index (κ2) is 6.98. The molecular formula is C9H17BrN2O2. The SMILES string of the molecule is C=C(Br)CN(CCN(C)C)CC(=O)O. The van der Waals surface area contributed by atoms with Crippen molar-refractivity contribution in [2.24, 2.45) is 0 Å². The van der Waals surface area contributed by atoms with Crippen molar-refractivity contribution in [3.05, 3.63) is 11.1 Å². The van der Waals surface area contributed by atoms with E-state index < -0.39 is 5.97 Å². The molecule has 0 aromatic rings. The van der Waals surface area contributed by atoms with Gasteiger partial charge in [0, 0.05) is 24.1 Å². The van der Waals surface area contributed by atoms with E-state index in [0.717, 1.165) is 17.6 Å². The van der Waals surface area contributed by atoms with Crippen LogP contribution in [0, 0.1) is 0 Å². The highest BCUT2D eigenvalue weighted by Crippen LogP contribution is 2.03. The summed E-state index contributed by atoms with van der Waals surface area (Å²) in [6.45, 7) is 5.89. The first kappa shape index (κ1) is 13.6. The largest absolute Gasteiger partial charge is 0.480 e. The smallest absolute Gasteiger partial charge is 0.317 e. The number of carboxylic acid groups (broad SMARTS) is 1. The second-order valence-corrected chi connectivity index (χ2v) is 4.55. The lowest BCUT2D eigenvalue weighted by molar-refractivity contribution is -0.138. The molecule has 0 heterocycles. The van der Waals surface area contributed by atoms with Gasteiger partial charge in [-0.1, -0.05) is 22.5 Å². The van der Waals surface area contributed by atoms with Crippen molar-refractivity contribution >= 4 is 21.9 Å². The fourth-order valence-corrected chi connectivity index (χ4v) is 1.34. The summed E-state index contributed by atoms with van der Waals surface area (Å²) in [4.78, 5) is 14.4. The summed E-state index contributed by atoms with van der Waals surface area (Å²) in [7, 11) is 3.92. The summed E-state index contributed by atoms with van der Waals surface area (Å²) >= 11 is 3.23. The van der Waals surface area contributed by atoms with Gasteiger partial charge in [-0.15, -0.1) is 0 Å². The van der Waals surface area contributed by atoms with E-state index in [1.807, 2.05) is 23.9 Å². The van der Waals surface area contributed by atoms with Crippen LogP contribution in [0.2, 0.25) is 0 Å². The molecule has 0 spiro atoms. The minimum atomic E-state index is -0.808. The topological polar surface area (TPSA) is 43.8 Å². The number of aliphatic carboxylic acids is 1. The van der Waals surface area contributed by atoms with E-state index in [4.69, 9.17) is 5.11 Å². The molecular weight excluding hydrogens is 248 g/mol. The Morgan fingerprint density at radius 3 is 2.29 bits per heavy atom. The number of rotatable bonds is 7. The van der Waals surface area contributed by atoms with Gasteiger partial charge in [-0.05, 0) is 14.1 Å². The Balaban J connectivity index is 3.96. The van der Waals surface area contributed by atoms with Crippen molar-refractivity contribution in [3.63, 3.8) is 0 Å². The Bertz CT molecular complexity index is 191. The van der Waals surface area contributed by atoms with Gasteiger partial charge in [-0.25, -0.2) is 0 Å². The van der Waals surface area contributed by atoms with Gasteiger partial charge in [0.15, 0.2) is 0 Å². The van der Waals surface area contributed by atoms with Crippen molar-refractivity contribution in [2.45, 2.75) is 0 Å². The summed E-state index contributed by atoms with van der Waals surface area (Å²) < 4.78 is 0.803. The molecule has 1 N–H and O–H groups in total. The van der Waals surface area contributed by atoms with Crippen LogP contribution in [0.1, 0.15) is 0 Å². The number of hydrogen-bond acceptors (Lipinski definition) is 3. The molecule has 0 rings (SSSR count). The van der Waals surface area contributed by atoms with E-state index in [0.29, 0.717) is 6.54 Å². The average molecular weight is 265 g/mol. The first-order valence-corrected chi connectivity index (χ1v) is 5.13. The Kier molecular flexibility index (Phi) is 6.78. The number of hydrogen-bond donors (Lipinski definition) is 1. The van der Waals surface area contributed by atoms with Crippen LogP contribution < -0.4 is 0 Å². The predicted octanol–water partition coefficient (Wildman–Crippen LogP) is 0.843. The van der Waals surface area contributed by atoms with Crippen LogP contribution in [0.15, 0.2) is 11.1 Å². The minimum Gasteiger partial charge on any atom is -0.480 e. The fraction of sp³-hybridized carbons (Fsp3) is 0.667. The van der Waals surface area contributed by atoms with Gasteiger partial charge in [0.2, 0.25) is 0 Å². The van der Waals surface area contributed by atoms with E-state index in [2.05, 4.69) is 22.5 Å². The standard InChI is InChI=1S/C9H17BrN2O2/c1-8(10)6-12(7-9(13)14)5-4-11(2)3/h1,4-7H2,2-3H3,(H,13,14). The number of nitrogens with zero attached hydrogens (tertiary/aromatic N) is 2. The third-order valence-corrected chi connectivity index (χ3v) is 1.87. The molecule has 14 heavy (non-hydrogen) atoms. The normalized spacial score (nSPS) is 10.9. The van der Waals surface area contributed by atoms with Crippen molar-refractivity contribution in [2.75, 3.05) is 40.3 Å². The zero-order chi connectivity index (χ0) is 11.1. The summed E-state index contributed by atoms with van der Waals surface area (Å²) in [5.41, 5.74) is 0. The van der Waals surface area contributed by atoms with Gasteiger partial charge >= 0.3 is 5.97 Å². The van der Waals surface area contributed by atoms with E-state index in [1.165, 1.54) is 0 Å². The average Bonchev–Trinajstić information content (AvgIpc) is 1.97. The Labute approximate surface area is 93.3 Å². The molecule has 4 nitrogen and oxygen atoms in total. The van der Waals surface area contributed by atoms with Crippen LogP contribution in [-0.4, -0.2) is 61.2 Å². The molecule has 0 radical (unpaired) electrons. The third-order valence-electron chi connectivity index (χ3n) is 1.62. The van der Waals surface area contributed by atoms with Crippen LogP contribution in [0.25, 0.3) is 0 Å². The molecule has 82 valence electrons. The number of carboxylic acids is 1. The first-order chi connectivity index (χ1) is 6.41. The maximum absolute atomic E-state index is 10.5. The summed E-state index contributed by atoms with van der Waals surface area (Å²) in [6, 6.07) is 0.